The van der Waals surface area contributed by atoms with Gasteiger partial charge in [0.2, 0.25) is 0 Å². The number of unbranched alkanes of at least 4 members (excludes halogenated alkanes) is 1. The fourth-order valence-corrected chi connectivity index (χ4v) is 3.43. The zero-order valence-electron chi connectivity index (χ0n) is 17.5. The van der Waals surface area contributed by atoms with Crippen LogP contribution >= 0.6 is 24.0 Å². The van der Waals surface area contributed by atoms with Crippen molar-refractivity contribution in [3.63, 3.8) is 0 Å². The molecule has 158 valence electrons. The predicted octanol–water partition coefficient (Wildman–Crippen LogP) is 3.86. The molecule has 1 aliphatic heterocycles. The molecule has 6 heteroatoms. The van der Waals surface area contributed by atoms with Crippen molar-refractivity contribution in [1.29, 1.82) is 0 Å². The second kappa shape index (κ2) is 12.6. The molecule has 1 heterocycles. The molecule has 2 aromatic rings. The Balaban J connectivity index is 0.00000300. The van der Waals surface area contributed by atoms with E-state index in [0.29, 0.717) is 0 Å². The molecule has 0 amide bonds. The smallest absolute Gasteiger partial charge is 0.190 e. The third kappa shape index (κ3) is 7.42. The third-order valence-corrected chi connectivity index (χ3v) is 5.09. The number of rotatable bonds is 9. The van der Waals surface area contributed by atoms with Gasteiger partial charge in [-0.2, -0.15) is 0 Å². The van der Waals surface area contributed by atoms with Crippen molar-refractivity contribution in [1.82, 2.24) is 10.6 Å². The van der Waals surface area contributed by atoms with E-state index in [1.807, 2.05) is 7.05 Å². The van der Waals surface area contributed by atoms with Crippen LogP contribution in [0.2, 0.25) is 0 Å². The molecule has 0 aromatic heterocycles. The Morgan fingerprint density at radius 1 is 1.07 bits per heavy atom. The number of benzene rings is 2. The van der Waals surface area contributed by atoms with E-state index in [1.54, 1.807) is 0 Å². The van der Waals surface area contributed by atoms with E-state index in [1.165, 1.54) is 16.8 Å². The summed E-state index contributed by atoms with van der Waals surface area (Å²) in [5.74, 6) is 1.92. The number of para-hydroxylation sites is 1. The molecule has 2 N–H and O–H groups in total. The molecule has 29 heavy (non-hydrogen) atoms. The zero-order chi connectivity index (χ0) is 19.6. The average Bonchev–Trinajstić information content (AvgIpc) is 3.20. The van der Waals surface area contributed by atoms with Gasteiger partial charge in [0.1, 0.15) is 5.75 Å². The van der Waals surface area contributed by atoms with E-state index in [9.17, 15) is 0 Å². The monoisotopic (exact) mass is 508 g/mol. The highest BCUT2D eigenvalue weighted by atomic mass is 127. The fourth-order valence-electron chi connectivity index (χ4n) is 3.43. The first-order valence-corrected chi connectivity index (χ1v) is 10.2. The number of halogens is 1. The quantitative estimate of drug-likeness (QED) is 0.234. The summed E-state index contributed by atoms with van der Waals surface area (Å²) in [5.41, 5.74) is 3.95. The SMILES string of the molecule is CN=C(NCCCCN(C)c1ccccc1)NCCc1ccc2c(c1)CCO2.I. The van der Waals surface area contributed by atoms with Crippen LogP contribution in [-0.4, -0.2) is 46.3 Å². The minimum Gasteiger partial charge on any atom is -0.493 e. The van der Waals surface area contributed by atoms with E-state index in [2.05, 4.69) is 76.1 Å². The Kier molecular flexibility index (Phi) is 10.1. The van der Waals surface area contributed by atoms with Crippen LogP contribution in [0, 0.1) is 0 Å². The maximum absolute atomic E-state index is 5.57. The number of nitrogens with one attached hydrogen (secondary N) is 2. The Bertz CT molecular complexity index is 767. The molecule has 0 spiro atoms. The normalized spacial score (nSPS) is 12.6. The minimum absolute atomic E-state index is 0. The average molecular weight is 508 g/mol. The summed E-state index contributed by atoms with van der Waals surface area (Å²) in [6.45, 7) is 3.67. The summed E-state index contributed by atoms with van der Waals surface area (Å²) in [4.78, 5) is 6.62. The molecular weight excluding hydrogens is 475 g/mol. The van der Waals surface area contributed by atoms with E-state index < -0.39 is 0 Å². The highest BCUT2D eigenvalue weighted by Gasteiger charge is 2.11. The molecule has 5 nitrogen and oxygen atoms in total. The van der Waals surface area contributed by atoms with E-state index in [-0.39, 0.29) is 24.0 Å². The Labute approximate surface area is 192 Å². The van der Waals surface area contributed by atoms with Crippen molar-refractivity contribution in [2.45, 2.75) is 25.7 Å². The molecule has 0 unspecified atom stereocenters. The van der Waals surface area contributed by atoms with Crippen molar-refractivity contribution in [2.24, 2.45) is 4.99 Å². The first-order valence-electron chi connectivity index (χ1n) is 10.2. The van der Waals surface area contributed by atoms with Crippen LogP contribution in [0.3, 0.4) is 0 Å². The number of nitrogens with zero attached hydrogens (tertiary/aromatic N) is 2. The fraction of sp³-hybridized carbons (Fsp3) is 0.435. The summed E-state index contributed by atoms with van der Waals surface area (Å²) in [5, 5.41) is 6.82. The van der Waals surface area contributed by atoms with Crippen LogP contribution in [-0.2, 0) is 12.8 Å². The maximum atomic E-state index is 5.57. The lowest BCUT2D eigenvalue weighted by Crippen LogP contribution is -2.38. The van der Waals surface area contributed by atoms with Crippen LogP contribution in [0.15, 0.2) is 53.5 Å². The van der Waals surface area contributed by atoms with Gasteiger partial charge in [0, 0.05) is 45.8 Å². The van der Waals surface area contributed by atoms with Gasteiger partial charge in [-0.15, -0.1) is 24.0 Å². The number of ether oxygens (including phenoxy) is 1. The zero-order valence-corrected chi connectivity index (χ0v) is 19.8. The maximum Gasteiger partial charge on any atom is 0.190 e. The van der Waals surface area contributed by atoms with Crippen molar-refractivity contribution in [3.05, 3.63) is 59.7 Å². The number of hydrogen-bond donors (Lipinski definition) is 2. The third-order valence-electron chi connectivity index (χ3n) is 5.09. The van der Waals surface area contributed by atoms with Gasteiger partial charge in [-0.1, -0.05) is 30.3 Å². The van der Waals surface area contributed by atoms with Gasteiger partial charge < -0.3 is 20.3 Å². The largest absolute Gasteiger partial charge is 0.493 e. The Morgan fingerprint density at radius 2 is 1.86 bits per heavy atom. The summed E-state index contributed by atoms with van der Waals surface area (Å²) in [6.07, 6.45) is 4.27. The lowest BCUT2D eigenvalue weighted by atomic mass is 10.1. The molecule has 3 rings (SSSR count). The van der Waals surface area contributed by atoms with Gasteiger partial charge in [-0.25, -0.2) is 0 Å². The van der Waals surface area contributed by atoms with Crippen LogP contribution in [0.25, 0.3) is 0 Å². The molecule has 2 aromatic carbocycles. The van der Waals surface area contributed by atoms with Crippen LogP contribution < -0.4 is 20.3 Å². The second-order valence-electron chi connectivity index (χ2n) is 7.18. The van der Waals surface area contributed by atoms with Gasteiger partial charge in [-0.05, 0) is 48.6 Å². The van der Waals surface area contributed by atoms with E-state index in [4.69, 9.17) is 4.74 Å². The van der Waals surface area contributed by atoms with Gasteiger partial charge >= 0.3 is 0 Å². The van der Waals surface area contributed by atoms with E-state index in [0.717, 1.165) is 63.6 Å². The molecule has 0 saturated carbocycles. The Hall–Kier alpha value is -1.96. The van der Waals surface area contributed by atoms with Gasteiger partial charge in [0.25, 0.3) is 0 Å². The van der Waals surface area contributed by atoms with Gasteiger partial charge in [-0.3, -0.25) is 4.99 Å². The van der Waals surface area contributed by atoms with Crippen LogP contribution in [0.4, 0.5) is 5.69 Å². The molecule has 0 fully saturated rings. The predicted molar refractivity (Wildman–Crippen MR) is 133 cm³/mol. The van der Waals surface area contributed by atoms with Crippen LogP contribution in [0.5, 0.6) is 5.75 Å². The van der Waals surface area contributed by atoms with Gasteiger partial charge in [0.15, 0.2) is 5.96 Å². The van der Waals surface area contributed by atoms with Crippen molar-refractivity contribution in [2.75, 3.05) is 45.2 Å². The molecule has 0 aliphatic carbocycles. The minimum atomic E-state index is 0. The number of aliphatic imine (C=N–C) groups is 1. The topological polar surface area (TPSA) is 48.9 Å². The molecule has 0 atom stereocenters. The van der Waals surface area contributed by atoms with Gasteiger partial charge in [0.05, 0.1) is 6.61 Å². The molecule has 0 radical (unpaired) electrons. The number of hydrogen-bond acceptors (Lipinski definition) is 3. The summed E-state index contributed by atoms with van der Waals surface area (Å²) < 4.78 is 5.57. The standard InChI is InChI=1S/C23H32N4O.HI/c1-24-23(25-14-6-7-16-27(2)21-8-4-3-5-9-21)26-15-12-19-10-11-22-20(18-19)13-17-28-22;/h3-5,8-11,18H,6-7,12-17H2,1-2H3,(H2,24,25,26);1H. The molecule has 0 saturated heterocycles. The second-order valence-corrected chi connectivity index (χ2v) is 7.18. The first-order chi connectivity index (χ1) is 13.8. The summed E-state index contributed by atoms with van der Waals surface area (Å²) in [7, 11) is 3.97. The van der Waals surface area contributed by atoms with Crippen LogP contribution in [0.1, 0.15) is 24.0 Å². The van der Waals surface area contributed by atoms with Crippen molar-refractivity contribution in [3.8, 4) is 5.75 Å². The summed E-state index contributed by atoms with van der Waals surface area (Å²) >= 11 is 0. The molecular formula is C23H33IN4O. The lowest BCUT2D eigenvalue weighted by molar-refractivity contribution is 0.357. The number of fused-ring (bicyclic) bond motifs is 1. The molecule has 0 bridgehead atoms. The number of guanidine groups is 1. The van der Waals surface area contributed by atoms with E-state index >= 15 is 0 Å². The first kappa shape index (κ1) is 23.3. The number of anilines is 1. The lowest BCUT2D eigenvalue weighted by Gasteiger charge is -2.19. The highest BCUT2D eigenvalue weighted by Crippen LogP contribution is 2.25. The van der Waals surface area contributed by atoms with Crippen molar-refractivity contribution >= 4 is 35.6 Å². The Morgan fingerprint density at radius 3 is 2.66 bits per heavy atom. The highest BCUT2D eigenvalue weighted by molar-refractivity contribution is 14.0. The summed E-state index contributed by atoms with van der Waals surface area (Å²) in [6, 6.07) is 17.0. The molecule has 1 aliphatic rings. The van der Waals surface area contributed by atoms with Crippen molar-refractivity contribution < 1.29 is 4.74 Å².